The van der Waals surface area contributed by atoms with Gasteiger partial charge in [0.1, 0.15) is 0 Å². The summed E-state index contributed by atoms with van der Waals surface area (Å²) in [6, 6.07) is 0. The molecule has 1 rings (SSSR count). The van der Waals surface area contributed by atoms with Crippen LogP contribution in [0.25, 0.3) is 0 Å². The van der Waals surface area contributed by atoms with E-state index >= 15 is 0 Å². The van der Waals surface area contributed by atoms with Gasteiger partial charge in [-0.15, -0.1) is 6.58 Å². The number of methoxy groups -OCH3 is 1. The molecule has 3 nitrogen and oxygen atoms in total. The van der Waals surface area contributed by atoms with Crippen molar-refractivity contribution in [2.24, 2.45) is 0 Å². The average molecular weight is 287 g/mol. The second kappa shape index (κ2) is 23.3. The molecule has 0 aliphatic carbocycles. The molecule has 0 aromatic carbocycles. The quantitative estimate of drug-likeness (QED) is 0.703. The minimum Gasteiger partial charge on any atom is -0.384 e. The van der Waals surface area contributed by atoms with Crippen LogP contribution in [0.1, 0.15) is 66.7 Å². The Balaban J connectivity index is -0.000000306. The highest BCUT2D eigenvalue weighted by molar-refractivity contribution is 5.76. The molecule has 0 saturated carbocycles. The van der Waals surface area contributed by atoms with E-state index in [0.29, 0.717) is 13.0 Å². The van der Waals surface area contributed by atoms with Gasteiger partial charge in [0.2, 0.25) is 5.91 Å². The number of nitrogens with zero attached hydrogens (tertiary/aromatic N) is 1. The van der Waals surface area contributed by atoms with Crippen molar-refractivity contribution in [3.63, 3.8) is 0 Å². The van der Waals surface area contributed by atoms with Crippen LogP contribution in [0.5, 0.6) is 0 Å². The molecule has 0 atom stereocenters. The van der Waals surface area contributed by atoms with Gasteiger partial charge in [0.25, 0.3) is 0 Å². The zero-order chi connectivity index (χ0) is 16.2. The lowest BCUT2D eigenvalue weighted by Crippen LogP contribution is -2.35. The lowest BCUT2D eigenvalue weighted by Gasteiger charge is -2.26. The molecule has 1 fully saturated rings. The van der Waals surface area contributed by atoms with Crippen molar-refractivity contribution >= 4 is 5.91 Å². The van der Waals surface area contributed by atoms with Crippen molar-refractivity contribution in [1.29, 1.82) is 0 Å². The van der Waals surface area contributed by atoms with Crippen LogP contribution in [0.2, 0.25) is 0 Å². The molecule has 0 N–H and O–H groups in total. The van der Waals surface area contributed by atoms with Gasteiger partial charge >= 0.3 is 0 Å². The highest BCUT2D eigenvalue weighted by Crippen LogP contribution is 2.09. The number of carbonyl (C=O) groups excluding carboxylic acids is 1. The van der Waals surface area contributed by atoms with Gasteiger partial charge in [-0.3, -0.25) is 4.79 Å². The van der Waals surface area contributed by atoms with E-state index in [0.717, 1.165) is 19.5 Å². The van der Waals surface area contributed by atoms with E-state index in [-0.39, 0.29) is 5.91 Å². The summed E-state index contributed by atoms with van der Waals surface area (Å²) in [5.74, 6) is 0.247. The molecular formula is C17H37NO2. The lowest BCUT2D eigenvalue weighted by molar-refractivity contribution is -0.133. The summed E-state index contributed by atoms with van der Waals surface area (Å²) in [5, 5.41) is 0. The Kier molecular flexibility index (Phi) is 28.2. The number of likely N-dealkylation sites (tertiary alicyclic amines) is 1. The van der Waals surface area contributed by atoms with Gasteiger partial charge in [-0.2, -0.15) is 0 Å². The third-order valence-electron chi connectivity index (χ3n) is 2.52. The number of hydrogen-bond donors (Lipinski definition) is 0. The third kappa shape index (κ3) is 17.2. The van der Waals surface area contributed by atoms with Crippen molar-refractivity contribution in [1.82, 2.24) is 4.90 Å². The van der Waals surface area contributed by atoms with Crippen LogP contribution in [0.3, 0.4) is 0 Å². The second-order valence-electron chi connectivity index (χ2n) is 3.88. The number of rotatable bonds is 4. The number of piperidine rings is 1. The monoisotopic (exact) mass is 287 g/mol. The van der Waals surface area contributed by atoms with Gasteiger partial charge < -0.3 is 9.64 Å². The first-order chi connectivity index (χ1) is 9.76. The topological polar surface area (TPSA) is 29.5 Å². The van der Waals surface area contributed by atoms with E-state index in [9.17, 15) is 4.79 Å². The minimum absolute atomic E-state index is 0.247. The van der Waals surface area contributed by atoms with Crippen LogP contribution in [0.4, 0.5) is 0 Å². The van der Waals surface area contributed by atoms with Crippen molar-refractivity contribution in [3.8, 4) is 0 Å². The number of ether oxygens (including phenoxy) is 1. The maximum absolute atomic E-state index is 11.4. The van der Waals surface area contributed by atoms with Gasteiger partial charge in [0, 0.05) is 20.2 Å². The predicted molar refractivity (Wildman–Crippen MR) is 90.1 cm³/mol. The number of carbonyl (C=O) groups is 1. The summed E-state index contributed by atoms with van der Waals surface area (Å²) in [6.45, 7) is 16.0. The maximum Gasteiger partial charge on any atom is 0.224 e. The maximum atomic E-state index is 11.4. The Labute approximate surface area is 127 Å². The van der Waals surface area contributed by atoms with E-state index in [1.165, 1.54) is 19.3 Å². The third-order valence-corrected chi connectivity index (χ3v) is 2.52. The summed E-state index contributed by atoms with van der Waals surface area (Å²) in [6.07, 6.45) is 7.10. The molecule has 1 heterocycles. The molecule has 0 radical (unpaired) electrons. The largest absolute Gasteiger partial charge is 0.384 e. The van der Waals surface area contributed by atoms with Crippen molar-refractivity contribution in [2.75, 3.05) is 26.8 Å². The normalized spacial score (nSPS) is 12.6. The standard InChI is InChI=1S/C9H17NO2.C4H8.2C2H6/c1-12-8-5-9(11)10-6-3-2-4-7-10;1-3-4-2;2*1-2/h2-8H2,1H3;3H,1,4H2,2H3;2*1-2H3. The van der Waals surface area contributed by atoms with Crippen LogP contribution < -0.4 is 0 Å². The molecule has 1 aliphatic heterocycles. The van der Waals surface area contributed by atoms with Crippen molar-refractivity contribution in [3.05, 3.63) is 12.7 Å². The smallest absolute Gasteiger partial charge is 0.224 e. The van der Waals surface area contributed by atoms with Gasteiger partial charge in [0.15, 0.2) is 0 Å². The fourth-order valence-corrected chi connectivity index (χ4v) is 1.49. The molecule has 0 unspecified atom stereocenters. The summed E-state index contributed by atoms with van der Waals surface area (Å²) < 4.78 is 4.86. The molecule has 0 aromatic heterocycles. The minimum atomic E-state index is 0.247. The molecule has 0 bridgehead atoms. The predicted octanol–water partition coefficient (Wildman–Crippen LogP) is 4.67. The van der Waals surface area contributed by atoms with Crippen LogP contribution in [-0.2, 0) is 9.53 Å². The van der Waals surface area contributed by atoms with Crippen molar-refractivity contribution in [2.45, 2.75) is 66.7 Å². The zero-order valence-electron chi connectivity index (χ0n) is 14.7. The summed E-state index contributed by atoms with van der Waals surface area (Å²) in [5.41, 5.74) is 0. The lowest BCUT2D eigenvalue weighted by atomic mass is 10.1. The Morgan fingerprint density at radius 1 is 1.15 bits per heavy atom. The molecule has 0 spiro atoms. The SMILES string of the molecule is C=CCC.CC.CC.COCCC(=O)N1CCCCC1. The van der Waals surface area contributed by atoms with Crippen LogP contribution >= 0.6 is 0 Å². The Morgan fingerprint density at radius 2 is 1.60 bits per heavy atom. The van der Waals surface area contributed by atoms with E-state index in [1.807, 2.05) is 38.7 Å². The summed E-state index contributed by atoms with van der Waals surface area (Å²) in [4.78, 5) is 13.3. The van der Waals surface area contributed by atoms with Crippen LogP contribution in [-0.4, -0.2) is 37.6 Å². The average Bonchev–Trinajstić information content (AvgIpc) is 2.57. The molecule has 122 valence electrons. The fraction of sp³-hybridized carbons (Fsp3) is 0.824. The van der Waals surface area contributed by atoms with Gasteiger partial charge in [-0.25, -0.2) is 0 Å². The van der Waals surface area contributed by atoms with Gasteiger partial charge in [0.05, 0.1) is 13.0 Å². The molecule has 1 saturated heterocycles. The molecule has 20 heavy (non-hydrogen) atoms. The first-order valence-electron chi connectivity index (χ1n) is 8.13. The molecule has 1 amide bonds. The Bertz CT molecular complexity index is 187. The zero-order valence-corrected chi connectivity index (χ0v) is 14.7. The second-order valence-corrected chi connectivity index (χ2v) is 3.88. The molecule has 3 heteroatoms. The number of hydrogen-bond acceptors (Lipinski definition) is 2. The van der Waals surface area contributed by atoms with Crippen molar-refractivity contribution < 1.29 is 9.53 Å². The fourth-order valence-electron chi connectivity index (χ4n) is 1.49. The Hall–Kier alpha value is -0.830. The van der Waals surface area contributed by atoms with Gasteiger partial charge in [-0.05, 0) is 25.7 Å². The summed E-state index contributed by atoms with van der Waals surface area (Å²) in [7, 11) is 1.63. The highest BCUT2D eigenvalue weighted by atomic mass is 16.5. The Morgan fingerprint density at radius 3 is 1.95 bits per heavy atom. The molecule has 0 aromatic rings. The molecule has 1 aliphatic rings. The van der Waals surface area contributed by atoms with Crippen LogP contribution in [0.15, 0.2) is 12.7 Å². The molecular weight excluding hydrogens is 250 g/mol. The first kappa shape index (κ1) is 24.2. The highest BCUT2D eigenvalue weighted by Gasteiger charge is 2.15. The first-order valence-corrected chi connectivity index (χ1v) is 8.13. The number of allylic oxidation sites excluding steroid dienone is 1. The van der Waals surface area contributed by atoms with Gasteiger partial charge in [-0.1, -0.05) is 40.7 Å². The van der Waals surface area contributed by atoms with E-state index < -0.39 is 0 Å². The van der Waals surface area contributed by atoms with Crippen LogP contribution in [0, 0.1) is 0 Å². The van der Waals surface area contributed by atoms with E-state index in [2.05, 4.69) is 13.5 Å². The summed E-state index contributed by atoms with van der Waals surface area (Å²) >= 11 is 0. The van der Waals surface area contributed by atoms with E-state index in [4.69, 9.17) is 4.74 Å². The van der Waals surface area contributed by atoms with E-state index in [1.54, 1.807) is 7.11 Å². The number of amides is 1.